The summed E-state index contributed by atoms with van der Waals surface area (Å²) in [4.78, 5) is 38.7. The van der Waals surface area contributed by atoms with Gasteiger partial charge in [0.25, 0.3) is 5.91 Å². The summed E-state index contributed by atoms with van der Waals surface area (Å²) in [6, 6.07) is 13.3. The molecule has 0 saturated carbocycles. The number of carbonyl (C=O) groups excluding carboxylic acids is 2. The van der Waals surface area contributed by atoms with E-state index in [2.05, 4.69) is 42.2 Å². The topological polar surface area (TPSA) is 88.3 Å². The molecule has 0 aliphatic rings. The van der Waals surface area contributed by atoms with Crippen LogP contribution < -0.4 is 10.9 Å². The summed E-state index contributed by atoms with van der Waals surface area (Å²) in [5.74, 6) is -1.23. The second kappa shape index (κ2) is 7.84. The summed E-state index contributed by atoms with van der Waals surface area (Å²) in [6.45, 7) is -0.470. The van der Waals surface area contributed by atoms with E-state index in [0.29, 0.717) is 21.1 Å². The molecule has 8 heteroatoms. The molecule has 0 fully saturated rings. The maximum absolute atomic E-state index is 12.3. The molecule has 132 valence electrons. The number of pyridine rings is 1. The van der Waals surface area contributed by atoms with Crippen LogP contribution in [0.2, 0.25) is 0 Å². The van der Waals surface area contributed by atoms with E-state index in [-0.39, 0.29) is 5.56 Å². The summed E-state index contributed by atoms with van der Waals surface area (Å²) in [5, 5.41) is 3.19. The maximum atomic E-state index is 12.3. The second-order valence-corrected chi connectivity index (χ2v) is 7.11. The van der Waals surface area contributed by atoms with Crippen molar-refractivity contribution in [3.8, 4) is 0 Å². The number of para-hydroxylation sites is 1. The highest BCUT2D eigenvalue weighted by molar-refractivity contribution is 9.11. The van der Waals surface area contributed by atoms with Gasteiger partial charge in [-0.2, -0.15) is 0 Å². The standard InChI is InChI=1S/C18H12Br2N2O4/c19-10-5-6-15(13(20)7-10)22-17(24)9-26-18(25)12-8-16(23)21-14-4-2-1-3-11(12)14/h1-8H,9H2,(H,21,23)(H,22,24). The number of H-pyrrole nitrogens is 1. The fraction of sp³-hybridized carbons (Fsp3) is 0.0556. The molecule has 0 atom stereocenters. The van der Waals surface area contributed by atoms with Crippen LogP contribution in [-0.4, -0.2) is 23.5 Å². The molecule has 0 bridgehead atoms. The highest BCUT2D eigenvalue weighted by Gasteiger charge is 2.15. The SMILES string of the molecule is O=C(COC(=O)c1cc(=O)[nH]c2ccccc12)Nc1ccc(Br)cc1Br. The molecule has 0 saturated heterocycles. The minimum absolute atomic E-state index is 0.113. The van der Waals surface area contributed by atoms with E-state index in [1.54, 1.807) is 42.5 Å². The van der Waals surface area contributed by atoms with Crippen molar-refractivity contribution in [3.05, 3.63) is 73.4 Å². The fourth-order valence-corrected chi connectivity index (χ4v) is 3.51. The van der Waals surface area contributed by atoms with Gasteiger partial charge in [0.2, 0.25) is 5.56 Å². The van der Waals surface area contributed by atoms with Gasteiger partial charge in [-0.25, -0.2) is 4.79 Å². The van der Waals surface area contributed by atoms with Crippen molar-refractivity contribution >= 4 is 60.3 Å². The molecule has 1 amide bonds. The molecule has 0 spiro atoms. The highest BCUT2D eigenvalue weighted by Crippen LogP contribution is 2.26. The van der Waals surface area contributed by atoms with Gasteiger partial charge in [-0.15, -0.1) is 0 Å². The number of aromatic amines is 1. The van der Waals surface area contributed by atoms with Gasteiger partial charge in [0.1, 0.15) is 0 Å². The molecule has 1 aromatic heterocycles. The fourth-order valence-electron chi connectivity index (χ4n) is 2.36. The Morgan fingerprint density at radius 1 is 1.08 bits per heavy atom. The first-order valence-electron chi connectivity index (χ1n) is 7.48. The first-order chi connectivity index (χ1) is 12.4. The Labute approximate surface area is 164 Å². The Balaban J connectivity index is 1.71. The molecule has 3 aromatic rings. The largest absolute Gasteiger partial charge is 0.452 e. The molecule has 6 nitrogen and oxygen atoms in total. The molecule has 3 rings (SSSR count). The van der Waals surface area contributed by atoms with Crippen LogP contribution in [0, 0.1) is 0 Å². The third-order valence-electron chi connectivity index (χ3n) is 3.51. The van der Waals surface area contributed by atoms with E-state index < -0.39 is 24.0 Å². The summed E-state index contributed by atoms with van der Waals surface area (Å²) >= 11 is 6.66. The minimum atomic E-state index is -0.739. The van der Waals surface area contributed by atoms with Crippen LogP contribution in [-0.2, 0) is 9.53 Å². The lowest BCUT2D eigenvalue weighted by molar-refractivity contribution is -0.119. The number of esters is 1. The predicted octanol–water partition coefficient (Wildman–Crippen LogP) is 3.85. The average Bonchev–Trinajstić information content (AvgIpc) is 2.61. The summed E-state index contributed by atoms with van der Waals surface area (Å²) in [6.07, 6.45) is 0. The van der Waals surface area contributed by atoms with E-state index in [1.165, 1.54) is 0 Å². The number of nitrogens with one attached hydrogen (secondary N) is 2. The lowest BCUT2D eigenvalue weighted by atomic mass is 10.1. The number of fused-ring (bicyclic) bond motifs is 1. The Kier molecular flexibility index (Phi) is 5.53. The quantitative estimate of drug-likeness (QED) is 0.556. The molecule has 0 aliphatic carbocycles. The van der Waals surface area contributed by atoms with Gasteiger partial charge in [0.05, 0.1) is 11.3 Å². The van der Waals surface area contributed by atoms with Crippen LogP contribution >= 0.6 is 31.9 Å². The first kappa shape index (κ1) is 18.3. The molecule has 2 aromatic carbocycles. The molecule has 2 N–H and O–H groups in total. The van der Waals surface area contributed by atoms with Crippen LogP contribution in [0.15, 0.2) is 62.3 Å². The number of rotatable bonds is 4. The van der Waals surface area contributed by atoms with Crippen LogP contribution in [0.3, 0.4) is 0 Å². The van der Waals surface area contributed by atoms with Crippen molar-refractivity contribution < 1.29 is 14.3 Å². The number of hydrogen-bond acceptors (Lipinski definition) is 4. The van der Waals surface area contributed by atoms with E-state index in [4.69, 9.17) is 4.74 Å². The van der Waals surface area contributed by atoms with E-state index >= 15 is 0 Å². The molecular formula is C18H12Br2N2O4. The Morgan fingerprint density at radius 2 is 1.85 bits per heavy atom. The van der Waals surface area contributed by atoms with Crippen molar-refractivity contribution in [2.45, 2.75) is 0 Å². The number of hydrogen-bond donors (Lipinski definition) is 2. The number of ether oxygens (including phenoxy) is 1. The number of benzene rings is 2. The average molecular weight is 480 g/mol. The third-order valence-corrected chi connectivity index (χ3v) is 4.66. The van der Waals surface area contributed by atoms with Gasteiger partial charge in [0, 0.05) is 25.9 Å². The molecule has 0 unspecified atom stereocenters. The van der Waals surface area contributed by atoms with Gasteiger partial charge >= 0.3 is 5.97 Å². The molecule has 1 heterocycles. The second-order valence-electron chi connectivity index (χ2n) is 5.34. The number of aromatic nitrogens is 1. The summed E-state index contributed by atoms with van der Waals surface area (Å²) in [5.41, 5.74) is 0.770. The predicted molar refractivity (Wildman–Crippen MR) is 105 cm³/mol. The number of carbonyl (C=O) groups is 2. The van der Waals surface area contributed by atoms with Crippen molar-refractivity contribution in [2.75, 3.05) is 11.9 Å². The zero-order chi connectivity index (χ0) is 18.7. The smallest absolute Gasteiger partial charge is 0.339 e. The van der Waals surface area contributed by atoms with Crippen molar-refractivity contribution in [2.24, 2.45) is 0 Å². The van der Waals surface area contributed by atoms with E-state index in [1.807, 2.05) is 0 Å². The van der Waals surface area contributed by atoms with Gasteiger partial charge in [0.15, 0.2) is 6.61 Å². The van der Waals surface area contributed by atoms with Crippen molar-refractivity contribution in [1.82, 2.24) is 4.98 Å². The van der Waals surface area contributed by atoms with Gasteiger partial charge < -0.3 is 15.0 Å². The van der Waals surface area contributed by atoms with Gasteiger partial charge in [-0.3, -0.25) is 9.59 Å². The van der Waals surface area contributed by atoms with Crippen LogP contribution in [0.5, 0.6) is 0 Å². The number of anilines is 1. The Bertz CT molecular complexity index is 1060. The molecule has 0 radical (unpaired) electrons. The van der Waals surface area contributed by atoms with Gasteiger partial charge in [-0.05, 0) is 40.2 Å². The lowest BCUT2D eigenvalue weighted by Gasteiger charge is -2.09. The molecule has 26 heavy (non-hydrogen) atoms. The Hall–Kier alpha value is -2.45. The van der Waals surface area contributed by atoms with E-state index in [9.17, 15) is 14.4 Å². The van der Waals surface area contributed by atoms with Gasteiger partial charge in [-0.1, -0.05) is 34.1 Å². The summed E-state index contributed by atoms with van der Waals surface area (Å²) in [7, 11) is 0. The highest BCUT2D eigenvalue weighted by atomic mass is 79.9. The zero-order valence-corrected chi connectivity index (χ0v) is 16.4. The van der Waals surface area contributed by atoms with Crippen LogP contribution in [0.25, 0.3) is 10.9 Å². The van der Waals surface area contributed by atoms with Crippen LogP contribution in [0.1, 0.15) is 10.4 Å². The first-order valence-corrected chi connectivity index (χ1v) is 9.07. The monoisotopic (exact) mass is 478 g/mol. The van der Waals surface area contributed by atoms with Crippen molar-refractivity contribution in [3.63, 3.8) is 0 Å². The van der Waals surface area contributed by atoms with Crippen molar-refractivity contribution in [1.29, 1.82) is 0 Å². The minimum Gasteiger partial charge on any atom is -0.452 e. The zero-order valence-electron chi connectivity index (χ0n) is 13.2. The van der Waals surface area contributed by atoms with E-state index in [0.717, 1.165) is 10.5 Å². The molecular weight excluding hydrogens is 468 g/mol. The lowest BCUT2D eigenvalue weighted by Crippen LogP contribution is -2.22. The normalized spacial score (nSPS) is 10.5. The van der Waals surface area contributed by atoms with Crippen LogP contribution in [0.4, 0.5) is 5.69 Å². The summed E-state index contributed by atoms with van der Waals surface area (Å²) < 4.78 is 6.60. The maximum Gasteiger partial charge on any atom is 0.339 e. The number of amides is 1. The Morgan fingerprint density at radius 3 is 2.62 bits per heavy atom. The molecule has 0 aliphatic heterocycles. The third kappa shape index (κ3) is 4.20. The number of halogens is 2.